The molecule has 1 fully saturated rings. The largest absolute Gasteiger partial charge is 0.382 e. The second kappa shape index (κ2) is 5.02. The van der Waals surface area contributed by atoms with Crippen LogP contribution in [-0.2, 0) is 9.84 Å². The normalized spacial score (nSPS) is 15.7. The molecule has 1 aliphatic heterocycles. The molecule has 20 heavy (non-hydrogen) atoms. The molecule has 1 saturated heterocycles. The minimum absolute atomic E-state index is 0.00954. The van der Waals surface area contributed by atoms with E-state index >= 15 is 0 Å². The molecular formula is C12H14N4O2S2. The molecule has 2 aromatic rings. The molecule has 0 saturated carbocycles. The standard InChI is InChI=1S/C12H14N4O2S2/c13-11-9(20(17,18)10-4-3-7-19-10)8-14-12(15-11)16-5-1-2-6-16/h3-4,7-8H,1-2,5-6H2,(H2,13,14,15). The Kier molecular flexibility index (Phi) is 3.35. The van der Waals surface area contributed by atoms with E-state index in [0.717, 1.165) is 37.3 Å². The molecule has 1 aliphatic rings. The summed E-state index contributed by atoms with van der Waals surface area (Å²) in [5.74, 6) is 0.514. The summed E-state index contributed by atoms with van der Waals surface area (Å²) in [6, 6.07) is 3.24. The van der Waals surface area contributed by atoms with Gasteiger partial charge in [-0.2, -0.15) is 4.98 Å². The van der Waals surface area contributed by atoms with Gasteiger partial charge in [0, 0.05) is 13.1 Å². The first-order valence-electron chi connectivity index (χ1n) is 6.25. The quantitative estimate of drug-likeness (QED) is 0.925. The summed E-state index contributed by atoms with van der Waals surface area (Å²) in [4.78, 5) is 10.3. The number of rotatable bonds is 3. The van der Waals surface area contributed by atoms with Gasteiger partial charge in [0.05, 0.1) is 6.20 Å². The van der Waals surface area contributed by atoms with Crippen molar-refractivity contribution >= 4 is 32.9 Å². The van der Waals surface area contributed by atoms with Crippen molar-refractivity contribution in [3.63, 3.8) is 0 Å². The van der Waals surface area contributed by atoms with Crippen LogP contribution in [0.25, 0.3) is 0 Å². The van der Waals surface area contributed by atoms with Crippen LogP contribution < -0.4 is 10.6 Å². The zero-order valence-electron chi connectivity index (χ0n) is 10.7. The van der Waals surface area contributed by atoms with Gasteiger partial charge in [-0.1, -0.05) is 6.07 Å². The number of hydrogen-bond donors (Lipinski definition) is 1. The lowest BCUT2D eigenvalue weighted by Gasteiger charge is -2.15. The summed E-state index contributed by atoms with van der Waals surface area (Å²) in [7, 11) is -3.62. The first-order chi connectivity index (χ1) is 9.59. The predicted molar refractivity (Wildman–Crippen MR) is 77.7 cm³/mol. The zero-order chi connectivity index (χ0) is 14.2. The minimum Gasteiger partial charge on any atom is -0.382 e. The fourth-order valence-corrected chi connectivity index (χ4v) is 4.55. The van der Waals surface area contributed by atoms with Crippen molar-refractivity contribution in [3.05, 3.63) is 23.7 Å². The topological polar surface area (TPSA) is 89.2 Å². The van der Waals surface area contributed by atoms with Gasteiger partial charge in [0.2, 0.25) is 15.8 Å². The molecular weight excluding hydrogens is 296 g/mol. The van der Waals surface area contributed by atoms with Crippen molar-refractivity contribution < 1.29 is 8.42 Å². The first kappa shape index (κ1) is 13.3. The molecule has 0 bridgehead atoms. The number of hydrogen-bond acceptors (Lipinski definition) is 7. The second-order valence-electron chi connectivity index (χ2n) is 4.55. The number of nitrogen functional groups attached to an aromatic ring is 1. The molecule has 2 aromatic heterocycles. The van der Waals surface area contributed by atoms with E-state index in [-0.39, 0.29) is 14.9 Å². The van der Waals surface area contributed by atoms with Crippen molar-refractivity contribution in [2.45, 2.75) is 21.9 Å². The first-order valence-corrected chi connectivity index (χ1v) is 8.61. The third-order valence-corrected chi connectivity index (χ3v) is 6.38. The Bertz CT molecular complexity index is 707. The highest BCUT2D eigenvalue weighted by Crippen LogP contribution is 2.28. The molecule has 0 spiro atoms. The van der Waals surface area contributed by atoms with E-state index in [1.165, 1.54) is 6.20 Å². The number of sulfone groups is 1. The highest BCUT2D eigenvalue weighted by Gasteiger charge is 2.24. The summed E-state index contributed by atoms with van der Waals surface area (Å²) in [6.07, 6.45) is 3.50. The van der Waals surface area contributed by atoms with Crippen LogP contribution in [0, 0.1) is 0 Å². The fourth-order valence-electron chi connectivity index (χ4n) is 2.18. The van der Waals surface area contributed by atoms with Gasteiger partial charge in [-0.3, -0.25) is 0 Å². The minimum atomic E-state index is -3.62. The van der Waals surface area contributed by atoms with Gasteiger partial charge in [-0.15, -0.1) is 11.3 Å². The fraction of sp³-hybridized carbons (Fsp3) is 0.333. The molecule has 0 radical (unpaired) electrons. The van der Waals surface area contributed by atoms with Gasteiger partial charge in [-0.05, 0) is 24.3 Å². The van der Waals surface area contributed by atoms with Crippen molar-refractivity contribution in [2.75, 3.05) is 23.7 Å². The van der Waals surface area contributed by atoms with Crippen LogP contribution in [0.4, 0.5) is 11.8 Å². The summed E-state index contributed by atoms with van der Waals surface area (Å²) in [6.45, 7) is 1.77. The van der Waals surface area contributed by atoms with Crippen LogP contribution in [0.15, 0.2) is 32.8 Å². The summed E-state index contributed by atoms with van der Waals surface area (Å²) in [5, 5.41) is 1.71. The van der Waals surface area contributed by atoms with Gasteiger partial charge in [0.25, 0.3) is 0 Å². The maximum atomic E-state index is 12.4. The molecule has 8 heteroatoms. The SMILES string of the molecule is Nc1nc(N2CCCC2)ncc1S(=O)(=O)c1cccs1. The van der Waals surface area contributed by atoms with Gasteiger partial charge < -0.3 is 10.6 Å². The molecule has 2 N–H and O–H groups in total. The maximum Gasteiger partial charge on any atom is 0.227 e. The predicted octanol–water partition coefficient (Wildman–Crippen LogP) is 1.55. The van der Waals surface area contributed by atoms with Crippen molar-refractivity contribution in [3.8, 4) is 0 Å². The smallest absolute Gasteiger partial charge is 0.227 e. The van der Waals surface area contributed by atoms with Crippen LogP contribution in [0.1, 0.15) is 12.8 Å². The van der Waals surface area contributed by atoms with Crippen LogP contribution in [0.2, 0.25) is 0 Å². The molecule has 6 nitrogen and oxygen atoms in total. The zero-order valence-corrected chi connectivity index (χ0v) is 12.3. The Balaban J connectivity index is 1.99. The number of aromatic nitrogens is 2. The van der Waals surface area contributed by atoms with Gasteiger partial charge in [-0.25, -0.2) is 13.4 Å². The maximum absolute atomic E-state index is 12.4. The Morgan fingerprint density at radius 2 is 2.05 bits per heavy atom. The molecule has 0 aliphatic carbocycles. The van der Waals surface area contributed by atoms with Crippen molar-refractivity contribution in [2.24, 2.45) is 0 Å². The molecule has 3 rings (SSSR count). The molecule has 0 aromatic carbocycles. The van der Waals surface area contributed by atoms with Crippen LogP contribution in [0.3, 0.4) is 0 Å². The highest BCUT2D eigenvalue weighted by molar-refractivity contribution is 7.93. The molecule has 3 heterocycles. The van der Waals surface area contributed by atoms with Gasteiger partial charge in [0.1, 0.15) is 14.9 Å². The number of thiophene rings is 1. The third-order valence-electron chi connectivity index (χ3n) is 3.21. The Hall–Kier alpha value is -1.67. The van der Waals surface area contributed by atoms with Crippen LogP contribution in [-0.4, -0.2) is 31.5 Å². The average molecular weight is 310 g/mol. The third kappa shape index (κ3) is 2.25. The van der Waals surface area contributed by atoms with E-state index in [0.29, 0.717) is 5.95 Å². The van der Waals surface area contributed by atoms with E-state index in [4.69, 9.17) is 5.73 Å². The Morgan fingerprint density at radius 1 is 1.30 bits per heavy atom. The molecule has 0 amide bonds. The van der Waals surface area contributed by atoms with Crippen LogP contribution >= 0.6 is 11.3 Å². The van der Waals surface area contributed by atoms with E-state index in [9.17, 15) is 8.42 Å². The lowest BCUT2D eigenvalue weighted by Crippen LogP contribution is -2.21. The van der Waals surface area contributed by atoms with E-state index < -0.39 is 9.84 Å². The number of anilines is 2. The Morgan fingerprint density at radius 3 is 2.65 bits per heavy atom. The van der Waals surface area contributed by atoms with Crippen molar-refractivity contribution in [1.29, 1.82) is 0 Å². The molecule has 106 valence electrons. The lowest BCUT2D eigenvalue weighted by molar-refractivity contribution is 0.597. The molecule has 0 unspecified atom stereocenters. The highest BCUT2D eigenvalue weighted by atomic mass is 32.2. The summed E-state index contributed by atoms with van der Waals surface area (Å²) in [5.41, 5.74) is 5.83. The number of nitrogens with two attached hydrogens (primary N) is 1. The van der Waals surface area contributed by atoms with Crippen LogP contribution in [0.5, 0.6) is 0 Å². The Labute approximate surface area is 121 Å². The molecule has 0 atom stereocenters. The van der Waals surface area contributed by atoms with Gasteiger partial charge in [0.15, 0.2) is 0 Å². The van der Waals surface area contributed by atoms with Crippen molar-refractivity contribution in [1.82, 2.24) is 9.97 Å². The van der Waals surface area contributed by atoms with E-state index in [1.807, 2.05) is 4.90 Å². The van der Waals surface area contributed by atoms with E-state index in [2.05, 4.69) is 9.97 Å². The van der Waals surface area contributed by atoms with Gasteiger partial charge >= 0.3 is 0 Å². The van der Waals surface area contributed by atoms with E-state index in [1.54, 1.807) is 17.5 Å². The lowest BCUT2D eigenvalue weighted by atomic mass is 10.4. The summed E-state index contributed by atoms with van der Waals surface area (Å²) < 4.78 is 25.0. The summed E-state index contributed by atoms with van der Waals surface area (Å²) >= 11 is 1.15. The average Bonchev–Trinajstić information content (AvgIpc) is 3.12. The second-order valence-corrected chi connectivity index (χ2v) is 7.64. The monoisotopic (exact) mass is 310 g/mol. The number of nitrogens with zero attached hydrogens (tertiary/aromatic N) is 3.